The van der Waals surface area contributed by atoms with Gasteiger partial charge in [0.2, 0.25) is 0 Å². The maximum Gasteiger partial charge on any atom is 0.134 e. The van der Waals surface area contributed by atoms with Crippen LogP contribution in [0.2, 0.25) is 0 Å². The van der Waals surface area contributed by atoms with Gasteiger partial charge in [0.25, 0.3) is 0 Å². The van der Waals surface area contributed by atoms with Crippen LogP contribution in [-0.4, -0.2) is 23.9 Å². The van der Waals surface area contributed by atoms with E-state index in [0.717, 1.165) is 15.8 Å². The molecule has 1 N–H and O–H groups in total. The molecule has 2 heterocycles. The second-order valence-corrected chi connectivity index (χ2v) is 5.43. The first-order valence-corrected chi connectivity index (χ1v) is 6.83. The van der Waals surface area contributed by atoms with E-state index in [-0.39, 0.29) is 12.0 Å². The van der Waals surface area contributed by atoms with Crippen molar-refractivity contribution in [3.8, 4) is 5.75 Å². The summed E-state index contributed by atoms with van der Waals surface area (Å²) in [6.45, 7) is 2.76. The van der Waals surface area contributed by atoms with Crippen LogP contribution in [0.1, 0.15) is 34.5 Å². The lowest BCUT2D eigenvalue weighted by atomic mass is 10.0. The molecule has 0 saturated heterocycles. The van der Waals surface area contributed by atoms with Crippen molar-refractivity contribution in [1.82, 2.24) is 15.5 Å². The first kappa shape index (κ1) is 11.6. The zero-order chi connectivity index (χ0) is 12.5. The van der Waals surface area contributed by atoms with Gasteiger partial charge in [-0.25, -0.2) is 0 Å². The Balaban J connectivity index is 1.91. The van der Waals surface area contributed by atoms with Crippen LogP contribution >= 0.6 is 11.3 Å². The number of hydrogen-bond acceptors (Lipinski definition) is 5. The minimum atomic E-state index is 0.233. The Morgan fingerprint density at radius 2 is 2.22 bits per heavy atom. The third-order valence-electron chi connectivity index (χ3n) is 3.26. The second-order valence-electron chi connectivity index (χ2n) is 4.39. The minimum absolute atomic E-state index is 0.233. The number of rotatable bonds is 3. The second kappa shape index (κ2) is 4.66. The van der Waals surface area contributed by atoms with Crippen molar-refractivity contribution in [2.75, 3.05) is 13.7 Å². The summed E-state index contributed by atoms with van der Waals surface area (Å²) in [7, 11) is 1.93. The number of aromatic nitrogens is 2. The molecule has 1 aliphatic rings. The Kier molecular flexibility index (Phi) is 3.01. The highest BCUT2D eigenvalue weighted by Gasteiger charge is 2.28. The van der Waals surface area contributed by atoms with E-state index in [1.165, 1.54) is 5.56 Å². The number of ether oxygens (including phenoxy) is 1. The fourth-order valence-electron chi connectivity index (χ4n) is 2.05. The van der Waals surface area contributed by atoms with Gasteiger partial charge in [-0.2, -0.15) is 0 Å². The summed E-state index contributed by atoms with van der Waals surface area (Å²) < 4.78 is 5.68. The molecule has 1 aliphatic heterocycles. The highest BCUT2D eigenvalue weighted by Crippen LogP contribution is 2.39. The van der Waals surface area contributed by atoms with Crippen molar-refractivity contribution in [3.05, 3.63) is 39.8 Å². The number of nitrogens with one attached hydrogen (secondary N) is 1. The first-order chi connectivity index (χ1) is 8.79. The van der Waals surface area contributed by atoms with Gasteiger partial charge in [-0.1, -0.05) is 29.5 Å². The van der Waals surface area contributed by atoms with Gasteiger partial charge in [-0.15, -0.1) is 10.2 Å². The molecule has 2 aromatic rings. The molecule has 4 nitrogen and oxygen atoms in total. The number of benzene rings is 1. The lowest BCUT2D eigenvalue weighted by molar-refractivity contribution is 0.342. The highest BCUT2D eigenvalue weighted by atomic mass is 32.1. The van der Waals surface area contributed by atoms with Gasteiger partial charge in [0, 0.05) is 5.56 Å². The van der Waals surface area contributed by atoms with Gasteiger partial charge in [-0.05, 0) is 20.0 Å². The number of para-hydroxylation sites is 1. The van der Waals surface area contributed by atoms with Gasteiger partial charge in [0.1, 0.15) is 22.4 Å². The summed E-state index contributed by atoms with van der Waals surface area (Å²) in [5.74, 6) is 1.21. The molecule has 0 aliphatic carbocycles. The van der Waals surface area contributed by atoms with Gasteiger partial charge >= 0.3 is 0 Å². The van der Waals surface area contributed by atoms with Crippen LogP contribution in [-0.2, 0) is 0 Å². The maximum absolute atomic E-state index is 5.68. The highest BCUT2D eigenvalue weighted by molar-refractivity contribution is 7.11. The molecular weight excluding hydrogens is 246 g/mol. The Morgan fingerprint density at radius 3 is 3.06 bits per heavy atom. The quantitative estimate of drug-likeness (QED) is 0.921. The van der Waals surface area contributed by atoms with Crippen LogP contribution in [0.4, 0.5) is 0 Å². The van der Waals surface area contributed by atoms with Crippen LogP contribution in [0.25, 0.3) is 0 Å². The molecule has 3 rings (SSSR count). The molecule has 5 heteroatoms. The fourth-order valence-corrected chi connectivity index (χ4v) is 3.06. The molecule has 0 radical (unpaired) electrons. The van der Waals surface area contributed by atoms with Crippen molar-refractivity contribution >= 4 is 11.3 Å². The van der Waals surface area contributed by atoms with Crippen molar-refractivity contribution in [2.24, 2.45) is 0 Å². The zero-order valence-electron chi connectivity index (χ0n) is 10.4. The fraction of sp³-hybridized carbons (Fsp3) is 0.385. The van der Waals surface area contributed by atoms with Gasteiger partial charge in [-0.3, -0.25) is 0 Å². The maximum atomic E-state index is 5.68. The summed E-state index contributed by atoms with van der Waals surface area (Å²) in [6.07, 6.45) is 0. The van der Waals surface area contributed by atoms with Crippen molar-refractivity contribution in [2.45, 2.75) is 18.9 Å². The molecular formula is C13H15N3OS. The van der Waals surface area contributed by atoms with Gasteiger partial charge in [0.05, 0.1) is 12.0 Å². The van der Waals surface area contributed by atoms with E-state index in [4.69, 9.17) is 4.74 Å². The van der Waals surface area contributed by atoms with Crippen molar-refractivity contribution in [1.29, 1.82) is 0 Å². The lowest BCUT2D eigenvalue weighted by Crippen LogP contribution is -2.11. The molecule has 0 bridgehead atoms. The van der Waals surface area contributed by atoms with E-state index in [0.29, 0.717) is 6.61 Å². The predicted octanol–water partition coefficient (Wildman–Crippen LogP) is 2.34. The summed E-state index contributed by atoms with van der Waals surface area (Å²) in [5.41, 5.74) is 1.22. The SMILES string of the molecule is CNC(C)c1nnc(C2COc3ccccc32)s1. The van der Waals surface area contributed by atoms with Gasteiger partial charge < -0.3 is 10.1 Å². The number of hydrogen-bond donors (Lipinski definition) is 1. The third kappa shape index (κ3) is 1.89. The third-order valence-corrected chi connectivity index (χ3v) is 4.48. The van der Waals surface area contributed by atoms with Crippen LogP contribution < -0.4 is 10.1 Å². The van der Waals surface area contributed by atoms with Gasteiger partial charge in [0.15, 0.2) is 0 Å². The summed E-state index contributed by atoms with van der Waals surface area (Å²) in [4.78, 5) is 0. The summed E-state index contributed by atoms with van der Waals surface area (Å²) >= 11 is 1.66. The largest absolute Gasteiger partial charge is 0.492 e. The number of fused-ring (bicyclic) bond motifs is 1. The van der Waals surface area contributed by atoms with Crippen LogP contribution in [0.15, 0.2) is 24.3 Å². The average Bonchev–Trinajstić information content (AvgIpc) is 3.03. The van der Waals surface area contributed by atoms with E-state index < -0.39 is 0 Å². The van der Waals surface area contributed by atoms with E-state index in [9.17, 15) is 0 Å². The Bertz CT molecular complexity index is 555. The monoisotopic (exact) mass is 261 g/mol. The smallest absolute Gasteiger partial charge is 0.134 e. The Labute approximate surface area is 110 Å². The molecule has 0 fully saturated rings. The first-order valence-electron chi connectivity index (χ1n) is 6.02. The van der Waals surface area contributed by atoms with E-state index in [1.807, 2.05) is 25.2 Å². The minimum Gasteiger partial charge on any atom is -0.492 e. The van der Waals surface area contributed by atoms with Crippen molar-refractivity contribution < 1.29 is 4.74 Å². The molecule has 18 heavy (non-hydrogen) atoms. The molecule has 2 atom stereocenters. The van der Waals surface area contributed by atoms with Crippen LogP contribution in [0.5, 0.6) is 5.75 Å². The normalized spacial score (nSPS) is 19.3. The topological polar surface area (TPSA) is 47.0 Å². The summed E-state index contributed by atoms with van der Waals surface area (Å²) in [5, 5.41) is 13.8. The molecule has 0 spiro atoms. The summed E-state index contributed by atoms with van der Waals surface area (Å²) in [6, 6.07) is 8.39. The molecule has 1 aromatic heterocycles. The zero-order valence-corrected chi connectivity index (χ0v) is 11.2. The van der Waals surface area contributed by atoms with Crippen molar-refractivity contribution in [3.63, 3.8) is 0 Å². The average molecular weight is 261 g/mol. The Hall–Kier alpha value is -1.46. The standard InChI is InChI=1S/C13H15N3OS/c1-8(14-2)12-15-16-13(18-12)10-7-17-11-6-4-3-5-9(10)11/h3-6,8,10,14H,7H2,1-2H3. The van der Waals surface area contributed by atoms with E-state index in [1.54, 1.807) is 11.3 Å². The molecule has 0 saturated carbocycles. The van der Waals surface area contributed by atoms with E-state index >= 15 is 0 Å². The van der Waals surface area contributed by atoms with Crippen LogP contribution in [0, 0.1) is 0 Å². The Morgan fingerprint density at radius 1 is 1.39 bits per heavy atom. The molecule has 94 valence electrons. The lowest BCUT2D eigenvalue weighted by Gasteiger charge is -2.04. The molecule has 0 amide bonds. The molecule has 2 unspecified atom stereocenters. The van der Waals surface area contributed by atoms with Crippen LogP contribution in [0.3, 0.4) is 0 Å². The number of nitrogens with zero attached hydrogens (tertiary/aromatic N) is 2. The predicted molar refractivity (Wildman–Crippen MR) is 71.2 cm³/mol. The molecule has 1 aromatic carbocycles. The van der Waals surface area contributed by atoms with E-state index in [2.05, 4.69) is 28.5 Å².